The van der Waals surface area contributed by atoms with E-state index in [1.54, 1.807) is 0 Å². The van der Waals surface area contributed by atoms with E-state index in [9.17, 15) is 15.2 Å². The van der Waals surface area contributed by atoms with Crippen molar-refractivity contribution in [3.63, 3.8) is 0 Å². The maximum atomic E-state index is 11.6. The van der Waals surface area contributed by atoms with Crippen molar-refractivity contribution in [1.82, 2.24) is 19.8 Å². The molecule has 5 rings (SSSR count). The first-order valence-corrected chi connectivity index (χ1v) is 11.6. The van der Waals surface area contributed by atoms with Crippen LogP contribution in [0, 0.1) is 11.3 Å². The predicted molar refractivity (Wildman–Crippen MR) is 125 cm³/mol. The van der Waals surface area contributed by atoms with Gasteiger partial charge in [0, 0.05) is 44.0 Å². The summed E-state index contributed by atoms with van der Waals surface area (Å²) >= 11 is 6.33. The zero-order valence-electron chi connectivity index (χ0n) is 18.2. The Bertz CT molecular complexity index is 1160. The number of hydrogen-bond donors (Lipinski definition) is 1. The zero-order valence-corrected chi connectivity index (χ0v) is 19.0. The van der Waals surface area contributed by atoms with Crippen LogP contribution in [0.4, 0.5) is 10.6 Å². The number of benzene rings is 1. The van der Waals surface area contributed by atoms with E-state index < -0.39 is 12.1 Å². The lowest BCUT2D eigenvalue weighted by atomic mass is 9.95. The van der Waals surface area contributed by atoms with Crippen LogP contribution in [0.1, 0.15) is 35.2 Å². The first-order valence-electron chi connectivity index (χ1n) is 11.2. The van der Waals surface area contributed by atoms with Gasteiger partial charge in [-0.25, -0.2) is 14.8 Å². The van der Waals surface area contributed by atoms with Crippen LogP contribution in [0.25, 0.3) is 6.08 Å². The fraction of sp³-hybridized carbons (Fsp3) is 0.417. The average Bonchev–Trinajstić information content (AvgIpc) is 2.82. The molecule has 1 amide bonds. The number of piperazine rings is 1. The molecule has 1 aromatic carbocycles. The van der Waals surface area contributed by atoms with Crippen LogP contribution in [0.15, 0.2) is 30.0 Å². The Morgan fingerprint density at radius 3 is 2.73 bits per heavy atom. The van der Waals surface area contributed by atoms with Crippen LogP contribution in [-0.2, 0) is 19.4 Å². The van der Waals surface area contributed by atoms with Crippen LogP contribution in [0.3, 0.4) is 0 Å². The number of carbonyl (C=O) groups is 1. The predicted octanol–water partition coefficient (Wildman–Crippen LogP) is 3.56. The standard InChI is InChI=1S/C24H25ClN6O2/c25-23-27-21-13-18(29-10-8-16-3-1-2-4-17(16)14-29)5-6-20(21)22(28-23)30-11-12-31(24(32)33)19(15-30)7-9-26/h1-4,13,19H,5-8,10-12,14-15H2,(H,32,33)/t19-/m0/s1. The zero-order chi connectivity index (χ0) is 22.9. The molecule has 2 aliphatic heterocycles. The van der Waals surface area contributed by atoms with Gasteiger partial charge in [-0.15, -0.1) is 0 Å². The van der Waals surface area contributed by atoms with Crippen molar-refractivity contribution < 1.29 is 9.90 Å². The SMILES string of the molecule is N#CC[C@H]1CN(c2nc(Cl)nc3c2CCC(N2CCc4ccccc4C2)=C3)CCN1C(=O)O. The summed E-state index contributed by atoms with van der Waals surface area (Å²) in [6.45, 7) is 3.13. The first-order chi connectivity index (χ1) is 16.0. The highest BCUT2D eigenvalue weighted by atomic mass is 35.5. The topological polar surface area (TPSA) is 96.6 Å². The second kappa shape index (κ2) is 8.91. The Morgan fingerprint density at radius 2 is 1.94 bits per heavy atom. The fourth-order valence-corrected chi connectivity index (χ4v) is 5.31. The number of anilines is 1. The third kappa shape index (κ3) is 4.21. The molecule has 2 aromatic rings. The minimum Gasteiger partial charge on any atom is -0.465 e. The van der Waals surface area contributed by atoms with Crippen LogP contribution >= 0.6 is 11.6 Å². The third-order valence-corrected chi connectivity index (χ3v) is 6.99. The molecule has 8 nitrogen and oxygen atoms in total. The van der Waals surface area contributed by atoms with Crippen molar-refractivity contribution in [3.05, 3.63) is 57.6 Å². The Kier molecular flexibility index (Phi) is 5.81. The number of nitriles is 1. The molecule has 1 fully saturated rings. The highest BCUT2D eigenvalue weighted by molar-refractivity contribution is 6.28. The van der Waals surface area contributed by atoms with E-state index >= 15 is 0 Å². The number of rotatable bonds is 3. The number of halogens is 1. The molecule has 3 heterocycles. The molecule has 0 bridgehead atoms. The lowest BCUT2D eigenvalue weighted by molar-refractivity contribution is 0.119. The molecule has 1 aliphatic carbocycles. The number of fused-ring (bicyclic) bond motifs is 2. The fourth-order valence-electron chi connectivity index (χ4n) is 5.14. The average molecular weight is 465 g/mol. The molecule has 1 saturated heterocycles. The molecule has 1 N–H and O–H groups in total. The normalized spacial score (nSPS) is 19.9. The van der Waals surface area contributed by atoms with Crippen molar-refractivity contribution in [2.75, 3.05) is 31.1 Å². The maximum absolute atomic E-state index is 11.6. The molecule has 0 unspecified atom stereocenters. The van der Waals surface area contributed by atoms with Gasteiger partial charge < -0.3 is 19.8 Å². The van der Waals surface area contributed by atoms with Gasteiger partial charge in [0.2, 0.25) is 5.28 Å². The second-order valence-electron chi connectivity index (χ2n) is 8.69. The van der Waals surface area contributed by atoms with Crippen molar-refractivity contribution >= 4 is 29.6 Å². The van der Waals surface area contributed by atoms with Crippen molar-refractivity contribution in [1.29, 1.82) is 5.26 Å². The number of amides is 1. The number of aromatic nitrogens is 2. The van der Waals surface area contributed by atoms with Crippen molar-refractivity contribution in [2.45, 2.75) is 38.3 Å². The number of carboxylic acid groups (broad SMARTS) is 1. The lowest BCUT2D eigenvalue weighted by Crippen LogP contribution is -2.55. The van der Waals surface area contributed by atoms with Gasteiger partial charge in [0.1, 0.15) is 5.82 Å². The number of nitrogens with zero attached hydrogens (tertiary/aromatic N) is 6. The van der Waals surface area contributed by atoms with E-state index in [0.29, 0.717) is 19.6 Å². The number of allylic oxidation sites excluding steroid dienone is 1. The van der Waals surface area contributed by atoms with E-state index in [2.05, 4.69) is 56.2 Å². The molecular weight excluding hydrogens is 440 g/mol. The van der Waals surface area contributed by atoms with Gasteiger partial charge in [-0.2, -0.15) is 5.26 Å². The van der Waals surface area contributed by atoms with Gasteiger partial charge >= 0.3 is 6.09 Å². The number of hydrogen-bond acceptors (Lipinski definition) is 6. The molecule has 3 aliphatic rings. The molecule has 9 heteroatoms. The Hall–Kier alpha value is -3.31. The summed E-state index contributed by atoms with van der Waals surface area (Å²) in [5.41, 5.74) is 5.93. The summed E-state index contributed by atoms with van der Waals surface area (Å²) in [4.78, 5) is 26.5. The van der Waals surface area contributed by atoms with Gasteiger partial charge in [0.05, 0.1) is 24.2 Å². The monoisotopic (exact) mass is 464 g/mol. The van der Waals surface area contributed by atoms with Crippen LogP contribution in [0.2, 0.25) is 5.28 Å². The molecule has 170 valence electrons. The first kappa shape index (κ1) is 21.5. The Morgan fingerprint density at radius 1 is 1.12 bits per heavy atom. The van der Waals surface area contributed by atoms with Gasteiger partial charge in [-0.1, -0.05) is 24.3 Å². The Balaban J connectivity index is 1.41. The second-order valence-corrected chi connectivity index (χ2v) is 9.03. The van der Waals surface area contributed by atoms with Gasteiger partial charge in [0.25, 0.3) is 0 Å². The molecule has 0 saturated carbocycles. The minimum absolute atomic E-state index is 0.143. The Labute approximate surface area is 197 Å². The molecule has 1 aromatic heterocycles. The highest BCUT2D eigenvalue weighted by Crippen LogP contribution is 2.34. The summed E-state index contributed by atoms with van der Waals surface area (Å²) in [5, 5.41) is 18.8. The van der Waals surface area contributed by atoms with Gasteiger partial charge in [0.15, 0.2) is 0 Å². The maximum Gasteiger partial charge on any atom is 0.407 e. The van der Waals surface area contributed by atoms with Crippen LogP contribution in [-0.4, -0.2) is 63.2 Å². The smallest absolute Gasteiger partial charge is 0.407 e. The van der Waals surface area contributed by atoms with Gasteiger partial charge in [-0.05, 0) is 48.1 Å². The minimum atomic E-state index is -0.992. The lowest BCUT2D eigenvalue weighted by Gasteiger charge is -2.40. The quantitative estimate of drug-likeness (QED) is 0.693. The summed E-state index contributed by atoms with van der Waals surface area (Å²) in [6.07, 6.45) is 4.00. The molecule has 33 heavy (non-hydrogen) atoms. The van der Waals surface area contributed by atoms with E-state index in [0.717, 1.165) is 49.4 Å². The summed E-state index contributed by atoms with van der Waals surface area (Å²) in [7, 11) is 0. The van der Waals surface area contributed by atoms with E-state index in [1.807, 2.05) is 0 Å². The van der Waals surface area contributed by atoms with Crippen molar-refractivity contribution in [3.8, 4) is 6.07 Å². The summed E-state index contributed by atoms with van der Waals surface area (Å²) in [6, 6.07) is 10.3. The third-order valence-electron chi connectivity index (χ3n) is 6.82. The summed E-state index contributed by atoms with van der Waals surface area (Å²) < 4.78 is 0. The molecular formula is C24H25ClN6O2. The van der Waals surface area contributed by atoms with Crippen molar-refractivity contribution in [2.24, 2.45) is 0 Å². The largest absolute Gasteiger partial charge is 0.465 e. The van der Waals surface area contributed by atoms with Gasteiger partial charge in [-0.3, -0.25) is 0 Å². The molecule has 0 radical (unpaired) electrons. The van der Waals surface area contributed by atoms with E-state index in [4.69, 9.17) is 11.6 Å². The highest BCUT2D eigenvalue weighted by Gasteiger charge is 2.33. The van der Waals surface area contributed by atoms with Crippen LogP contribution in [0.5, 0.6) is 0 Å². The summed E-state index contributed by atoms with van der Waals surface area (Å²) in [5.74, 6) is 0.761. The van der Waals surface area contributed by atoms with Crippen LogP contribution < -0.4 is 4.90 Å². The van der Waals surface area contributed by atoms with E-state index in [1.165, 1.54) is 21.7 Å². The molecule has 0 spiro atoms. The van der Waals surface area contributed by atoms with E-state index in [-0.39, 0.29) is 11.7 Å². The molecule has 1 atom stereocenters.